The predicted molar refractivity (Wildman–Crippen MR) is 103 cm³/mol. The average Bonchev–Trinajstić information content (AvgIpc) is 2.63. The molecular weight excluding hydrogens is 332 g/mol. The number of benzene rings is 2. The van der Waals surface area contributed by atoms with Gasteiger partial charge in [-0.1, -0.05) is 56.2 Å². The van der Waals surface area contributed by atoms with E-state index in [1.54, 1.807) is 0 Å². The van der Waals surface area contributed by atoms with Crippen molar-refractivity contribution in [1.82, 2.24) is 0 Å². The number of para-hydroxylation sites is 2. The Kier molecular flexibility index (Phi) is 5.24. The molecule has 4 nitrogen and oxygen atoms in total. The molecule has 2 aromatic carbocycles. The Bertz CT molecular complexity index is 715. The third kappa shape index (κ3) is 3.33. The highest BCUT2D eigenvalue weighted by Gasteiger charge is 2.44. The molecule has 1 fully saturated rings. The highest BCUT2D eigenvalue weighted by molar-refractivity contribution is 7.81. The minimum absolute atomic E-state index is 0.208. The number of hydrogen-bond acceptors (Lipinski definition) is 3. The summed E-state index contributed by atoms with van der Waals surface area (Å²) >= 11 is 5.54. The topological polar surface area (TPSA) is 40.6 Å². The first-order valence-corrected chi connectivity index (χ1v) is 8.88. The van der Waals surface area contributed by atoms with E-state index in [2.05, 4.69) is 0 Å². The van der Waals surface area contributed by atoms with E-state index in [9.17, 15) is 9.59 Å². The van der Waals surface area contributed by atoms with E-state index in [1.165, 1.54) is 9.80 Å². The monoisotopic (exact) mass is 352 g/mol. The van der Waals surface area contributed by atoms with Crippen molar-refractivity contribution >= 4 is 40.5 Å². The van der Waals surface area contributed by atoms with Crippen molar-refractivity contribution in [1.29, 1.82) is 0 Å². The predicted octanol–water partition coefficient (Wildman–Crippen LogP) is 4.16. The van der Waals surface area contributed by atoms with Gasteiger partial charge in [-0.2, -0.15) is 0 Å². The second kappa shape index (κ2) is 7.57. The number of rotatable bonds is 5. The Hall–Kier alpha value is -2.53. The molecular formula is C20H20N2O2S. The van der Waals surface area contributed by atoms with Crippen molar-refractivity contribution in [2.45, 2.75) is 26.2 Å². The molecule has 0 spiro atoms. The summed E-state index contributed by atoms with van der Waals surface area (Å²) < 4.78 is 0. The lowest BCUT2D eigenvalue weighted by Crippen LogP contribution is -2.60. The van der Waals surface area contributed by atoms with Gasteiger partial charge in [0.1, 0.15) is 5.92 Å². The molecule has 0 aliphatic carbocycles. The maximum atomic E-state index is 13.0. The molecule has 0 saturated carbocycles. The summed E-state index contributed by atoms with van der Waals surface area (Å²) in [6.45, 7) is 2.05. The van der Waals surface area contributed by atoms with Crippen LogP contribution < -0.4 is 9.80 Å². The normalized spacial score (nSPS) is 15.8. The van der Waals surface area contributed by atoms with Crippen LogP contribution in [0.1, 0.15) is 26.2 Å². The zero-order valence-electron chi connectivity index (χ0n) is 14.1. The molecule has 3 rings (SSSR count). The lowest BCUT2D eigenvalue weighted by molar-refractivity contribution is -0.132. The first kappa shape index (κ1) is 17.3. The van der Waals surface area contributed by atoms with Crippen LogP contribution in [-0.2, 0) is 9.59 Å². The van der Waals surface area contributed by atoms with Crippen molar-refractivity contribution in [2.24, 2.45) is 5.92 Å². The highest BCUT2D eigenvalue weighted by Crippen LogP contribution is 2.30. The smallest absolute Gasteiger partial charge is 0.245 e. The van der Waals surface area contributed by atoms with Gasteiger partial charge in [0.2, 0.25) is 11.8 Å². The molecule has 1 heterocycles. The van der Waals surface area contributed by atoms with Crippen LogP contribution in [0.4, 0.5) is 11.4 Å². The fourth-order valence-electron chi connectivity index (χ4n) is 2.99. The lowest BCUT2D eigenvalue weighted by Gasteiger charge is -2.39. The third-order valence-electron chi connectivity index (χ3n) is 4.29. The maximum Gasteiger partial charge on any atom is 0.245 e. The molecule has 0 N–H and O–H groups in total. The zero-order valence-corrected chi connectivity index (χ0v) is 14.9. The van der Waals surface area contributed by atoms with Gasteiger partial charge in [0.05, 0.1) is 11.4 Å². The largest absolute Gasteiger partial charge is 0.273 e. The fraction of sp³-hybridized carbons (Fsp3) is 0.250. The van der Waals surface area contributed by atoms with E-state index in [0.717, 1.165) is 12.8 Å². The summed E-state index contributed by atoms with van der Waals surface area (Å²) in [5.74, 6) is -1.17. The number of nitrogens with zero attached hydrogens (tertiary/aromatic N) is 2. The van der Waals surface area contributed by atoms with E-state index >= 15 is 0 Å². The molecule has 1 saturated heterocycles. The fourth-order valence-corrected chi connectivity index (χ4v) is 3.38. The van der Waals surface area contributed by atoms with E-state index in [1.807, 2.05) is 67.6 Å². The number of carbonyl (C=O) groups is 2. The van der Waals surface area contributed by atoms with Crippen molar-refractivity contribution < 1.29 is 9.59 Å². The van der Waals surface area contributed by atoms with Gasteiger partial charge < -0.3 is 0 Å². The van der Waals surface area contributed by atoms with Crippen molar-refractivity contribution in [3.63, 3.8) is 0 Å². The van der Waals surface area contributed by atoms with Crippen LogP contribution in [0, 0.1) is 5.92 Å². The molecule has 1 aliphatic rings. The molecule has 2 amide bonds. The molecule has 0 bridgehead atoms. The van der Waals surface area contributed by atoms with Crippen LogP contribution in [0.3, 0.4) is 0 Å². The first-order chi connectivity index (χ1) is 12.1. The minimum atomic E-state index is -0.702. The number of anilines is 2. The Labute approximate surface area is 153 Å². The maximum absolute atomic E-state index is 13.0. The van der Waals surface area contributed by atoms with Crippen LogP contribution in [0.2, 0.25) is 0 Å². The first-order valence-electron chi connectivity index (χ1n) is 8.47. The molecule has 128 valence electrons. The number of carbonyl (C=O) groups excluding carboxylic acids is 2. The second-order valence-corrected chi connectivity index (χ2v) is 6.36. The Balaban J connectivity index is 2.05. The van der Waals surface area contributed by atoms with E-state index < -0.39 is 5.92 Å². The number of hydrogen-bond donors (Lipinski definition) is 0. The van der Waals surface area contributed by atoms with E-state index in [0.29, 0.717) is 17.8 Å². The van der Waals surface area contributed by atoms with Gasteiger partial charge in [-0.05, 0) is 42.9 Å². The summed E-state index contributed by atoms with van der Waals surface area (Å²) in [5, 5.41) is 0.208. The second-order valence-electron chi connectivity index (χ2n) is 6.00. The van der Waals surface area contributed by atoms with Crippen LogP contribution in [-0.4, -0.2) is 16.9 Å². The van der Waals surface area contributed by atoms with Gasteiger partial charge >= 0.3 is 0 Å². The lowest BCUT2D eigenvalue weighted by atomic mass is 9.96. The van der Waals surface area contributed by atoms with E-state index in [4.69, 9.17) is 12.2 Å². The standard InChI is InChI=1S/C20H20N2O2S/c1-2-3-14-17-18(23)21(15-10-6-4-7-11-15)20(25)22(19(17)24)16-12-8-5-9-13-16/h4-13,17H,2-3,14H2,1H3. The summed E-state index contributed by atoms with van der Waals surface area (Å²) in [4.78, 5) is 29.0. The summed E-state index contributed by atoms with van der Waals surface area (Å²) in [6, 6.07) is 18.5. The van der Waals surface area contributed by atoms with Crippen molar-refractivity contribution in [3.05, 3.63) is 60.7 Å². The molecule has 1 aliphatic heterocycles. The van der Waals surface area contributed by atoms with Gasteiger partial charge in [-0.3, -0.25) is 19.4 Å². The molecule has 25 heavy (non-hydrogen) atoms. The zero-order chi connectivity index (χ0) is 17.8. The highest BCUT2D eigenvalue weighted by atomic mass is 32.1. The number of thiocarbonyl (C=S) groups is 1. The van der Waals surface area contributed by atoms with Gasteiger partial charge in [-0.25, -0.2) is 0 Å². The van der Waals surface area contributed by atoms with Crippen molar-refractivity contribution in [2.75, 3.05) is 9.80 Å². The third-order valence-corrected chi connectivity index (χ3v) is 4.66. The molecule has 0 atom stereocenters. The summed E-state index contributed by atoms with van der Waals surface area (Å²) in [5.41, 5.74) is 1.37. The van der Waals surface area contributed by atoms with E-state index in [-0.39, 0.29) is 16.9 Å². The molecule has 5 heteroatoms. The molecule has 2 aromatic rings. The van der Waals surface area contributed by atoms with Crippen LogP contribution in [0.5, 0.6) is 0 Å². The van der Waals surface area contributed by atoms with Gasteiger partial charge in [0.25, 0.3) is 0 Å². The Morgan fingerprint density at radius 1 is 0.840 bits per heavy atom. The summed E-state index contributed by atoms with van der Waals surface area (Å²) in [7, 11) is 0. The van der Waals surface area contributed by atoms with Gasteiger partial charge in [-0.15, -0.1) is 0 Å². The average molecular weight is 352 g/mol. The molecule has 0 radical (unpaired) electrons. The quantitative estimate of drug-likeness (QED) is 0.599. The number of unbranched alkanes of at least 4 members (excludes halogenated alkanes) is 1. The van der Waals surface area contributed by atoms with Crippen LogP contribution in [0.25, 0.3) is 0 Å². The van der Waals surface area contributed by atoms with Gasteiger partial charge in [0, 0.05) is 0 Å². The SMILES string of the molecule is CCCCC1C(=O)N(c2ccccc2)C(=S)N(c2ccccc2)C1=O. The van der Waals surface area contributed by atoms with Crippen LogP contribution in [0.15, 0.2) is 60.7 Å². The Morgan fingerprint density at radius 2 is 1.28 bits per heavy atom. The van der Waals surface area contributed by atoms with Crippen LogP contribution >= 0.6 is 12.2 Å². The molecule has 0 aromatic heterocycles. The number of amides is 2. The summed E-state index contributed by atoms with van der Waals surface area (Å²) in [6.07, 6.45) is 2.28. The molecule has 0 unspecified atom stereocenters. The van der Waals surface area contributed by atoms with Gasteiger partial charge in [0.15, 0.2) is 5.11 Å². The Morgan fingerprint density at radius 3 is 1.68 bits per heavy atom. The minimum Gasteiger partial charge on any atom is -0.273 e. The van der Waals surface area contributed by atoms with Crippen molar-refractivity contribution in [3.8, 4) is 0 Å².